The second kappa shape index (κ2) is 9.18. The van der Waals surface area contributed by atoms with Crippen molar-refractivity contribution in [1.29, 1.82) is 0 Å². The van der Waals surface area contributed by atoms with Crippen molar-refractivity contribution in [2.24, 2.45) is 0 Å². The number of urea groups is 1. The lowest BCUT2D eigenvalue weighted by molar-refractivity contribution is -0.138. The van der Waals surface area contributed by atoms with Crippen molar-refractivity contribution in [3.63, 3.8) is 0 Å². The number of carboxylic acid groups (broad SMARTS) is 1. The number of carbonyl (C=O) groups is 2. The number of carboxylic acids is 1. The Bertz CT molecular complexity index is 352. The molecule has 1 saturated heterocycles. The largest absolute Gasteiger partial charge is 0.481 e. The molecule has 0 spiro atoms. The number of nitrogens with zero attached hydrogens (tertiary/aromatic N) is 2. The van der Waals surface area contributed by atoms with E-state index in [1.807, 2.05) is 4.90 Å². The van der Waals surface area contributed by atoms with Crippen LogP contribution in [0.25, 0.3) is 0 Å². The van der Waals surface area contributed by atoms with Crippen LogP contribution >= 0.6 is 11.8 Å². The van der Waals surface area contributed by atoms with Gasteiger partial charge in [0.15, 0.2) is 0 Å². The Kier molecular flexibility index (Phi) is 7.93. The van der Waals surface area contributed by atoms with E-state index < -0.39 is 5.97 Å². The number of unbranched alkanes of at least 4 members (excludes halogenated alkanes) is 1. The highest BCUT2D eigenvalue weighted by Crippen LogP contribution is 2.22. The molecule has 2 atom stereocenters. The summed E-state index contributed by atoms with van der Waals surface area (Å²) in [6.45, 7) is 7.68. The quantitative estimate of drug-likeness (QED) is 0.784. The topological polar surface area (TPSA) is 60.9 Å². The van der Waals surface area contributed by atoms with Crippen LogP contribution in [0.5, 0.6) is 0 Å². The third-order valence-electron chi connectivity index (χ3n) is 4.00. The minimum atomic E-state index is -0.830. The first-order valence-corrected chi connectivity index (χ1v) is 9.03. The number of thioether (sulfide) groups is 1. The number of rotatable bonds is 7. The molecule has 0 aliphatic carbocycles. The van der Waals surface area contributed by atoms with Crippen LogP contribution < -0.4 is 0 Å². The van der Waals surface area contributed by atoms with Crippen LogP contribution in [0.4, 0.5) is 4.79 Å². The van der Waals surface area contributed by atoms with E-state index in [4.69, 9.17) is 5.11 Å². The first-order valence-electron chi connectivity index (χ1n) is 7.88. The molecule has 0 saturated carbocycles. The summed E-state index contributed by atoms with van der Waals surface area (Å²) in [5, 5.41) is 9.04. The van der Waals surface area contributed by atoms with E-state index in [2.05, 4.69) is 20.8 Å². The molecule has 6 heteroatoms. The molecular weight excluding hydrogens is 288 g/mol. The Hall–Kier alpha value is -0.910. The molecule has 0 bridgehead atoms. The fourth-order valence-electron chi connectivity index (χ4n) is 2.50. The summed E-state index contributed by atoms with van der Waals surface area (Å²) < 4.78 is 0. The molecule has 1 aliphatic rings. The van der Waals surface area contributed by atoms with E-state index in [9.17, 15) is 9.59 Å². The first kappa shape index (κ1) is 18.1. The van der Waals surface area contributed by atoms with E-state index in [1.165, 1.54) is 0 Å². The summed E-state index contributed by atoms with van der Waals surface area (Å²) in [6.07, 6.45) is 3.00. The van der Waals surface area contributed by atoms with Gasteiger partial charge in [-0.2, -0.15) is 11.8 Å². The average molecular weight is 316 g/mol. The van der Waals surface area contributed by atoms with Gasteiger partial charge < -0.3 is 14.9 Å². The molecule has 2 unspecified atom stereocenters. The van der Waals surface area contributed by atoms with Crippen LogP contribution in [0.1, 0.15) is 46.5 Å². The molecule has 21 heavy (non-hydrogen) atoms. The Morgan fingerprint density at radius 1 is 1.43 bits per heavy atom. The lowest BCUT2D eigenvalue weighted by Crippen LogP contribution is -2.54. The Balaban J connectivity index is 2.80. The van der Waals surface area contributed by atoms with Crippen molar-refractivity contribution in [2.75, 3.05) is 24.6 Å². The highest BCUT2D eigenvalue weighted by molar-refractivity contribution is 7.99. The molecule has 5 nitrogen and oxygen atoms in total. The van der Waals surface area contributed by atoms with Gasteiger partial charge >= 0.3 is 12.0 Å². The van der Waals surface area contributed by atoms with Crippen molar-refractivity contribution in [2.45, 2.75) is 58.5 Å². The molecule has 2 amide bonds. The summed E-state index contributed by atoms with van der Waals surface area (Å²) in [5.74, 6) is 0.786. The van der Waals surface area contributed by atoms with Crippen LogP contribution in [-0.2, 0) is 4.79 Å². The summed E-state index contributed by atoms with van der Waals surface area (Å²) in [6, 6.07) is 0.0374. The smallest absolute Gasteiger partial charge is 0.320 e. The number of hydrogen-bond acceptors (Lipinski definition) is 3. The second-order valence-corrected chi connectivity index (χ2v) is 6.76. The number of amides is 2. The van der Waals surface area contributed by atoms with Crippen LogP contribution in [0, 0.1) is 0 Å². The molecule has 122 valence electrons. The minimum absolute atomic E-state index is 0.0179. The summed E-state index contributed by atoms with van der Waals surface area (Å²) in [4.78, 5) is 27.6. The summed E-state index contributed by atoms with van der Waals surface area (Å²) >= 11 is 1.73. The summed E-state index contributed by atoms with van der Waals surface area (Å²) in [7, 11) is 0. The maximum atomic E-state index is 12.8. The van der Waals surface area contributed by atoms with Gasteiger partial charge in [-0.25, -0.2) is 4.79 Å². The van der Waals surface area contributed by atoms with Gasteiger partial charge in [-0.3, -0.25) is 4.79 Å². The van der Waals surface area contributed by atoms with Gasteiger partial charge in [0.25, 0.3) is 0 Å². The van der Waals surface area contributed by atoms with E-state index in [0.717, 1.165) is 37.3 Å². The van der Waals surface area contributed by atoms with Gasteiger partial charge in [0.1, 0.15) is 0 Å². The Morgan fingerprint density at radius 2 is 2.14 bits per heavy atom. The van der Waals surface area contributed by atoms with Crippen molar-refractivity contribution in [3.05, 3.63) is 0 Å². The molecule has 1 aliphatic heterocycles. The lowest BCUT2D eigenvalue weighted by atomic mass is 10.1. The van der Waals surface area contributed by atoms with Crippen molar-refractivity contribution in [1.82, 2.24) is 9.80 Å². The SMILES string of the molecule is CCCCN(C(=O)N1CCSCC1CC(=O)O)C(C)CC. The fraction of sp³-hybridized carbons (Fsp3) is 0.867. The molecular formula is C15H28N2O3S. The maximum absolute atomic E-state index is 12.8. The van der Waals surface area contributed by atoms with Gasteiger partial charge in [0, 0.05) is 30.6 Å². The zero-order chi connectivity index (χ0) is 15.8. The molecule has 0 aromatic heterocycles. The molecule has 1 fully saturated rings. The predicted octanol–water partition coefficient (Wildman–Crippen LogP) is 2.90. The normalized spacial score (nSPS) is 20.1. The molecule has 1 heterocycles. The highest BCUT2D eigenvalue weighted by atomic mass is 32.2. The molecule has 0 radical (unpaired) electrons. The zero-order valence-corrected chi connectivity index (χ0v) is 14.2. The third kappa shape index (κ3) is 5.41. The molecule has 0 aromatic carbocycles. The number of carbonyl (C=O) groups excluding carboxylic acids is 1. The van der Waals surface area contributed by atoms with E-state index in [-0.39, 0.29) is 24.5 Å². The van der Waals surface area contributed by atoms with E-state index in [1.54, 1.807) is 16.7 Å². The Labute approximate surface area is 132 Å². The van der Waals surface area contributed by atoms with Crippen molar-refractivity contribution in [3.8, 4) is 0 Å². The van der Waals surface area contributed by atoms with Crippen LogP contribution in [-0.4, -0.2) is 63.6 Å². The van der Waals surface area contributed by atoms with Crippen LogP contribution in [0.3, 0.4) is 0 Å². The lowest BCUT2D eigenvalue weighted by Gasteiger charge is -2.40. The Morgan fingerprint density at radius 3 is 2.71 bits per heavy atom. The standard InChI is InChI=1S/C15H28N2O3S/c1-4-6-7-16(12(3)5-2)15(20)17-8-9-21-11-13(17)10-14(18)19/h12-13H,4-11H2,1-3H3,(H,18,19). The van der Waals surface area contributed by atoms with E-state index >= 15 is 0 Å². The maximum Gasteiger partial charge on any atom is 0.320 e. The van der Waals surface area contributed by atoms with Gasteiger partial charge in [-0.1, -0.05) is 20.3 Å². The first-order chi connectivity index (χ1) is 10.0. The second-order valence-electron chi connectivity index (χ2n) is 5.61. The summed E-state index contributed by atoms with van der Waals surface area (Å²) in [5.41, 5.74) is 0. The predicted molar refractivity (Wildman–Crippen MR) is 86.8 cm³/mol. The minimum Gasteiger partial charge on any atom is -0.481 e. The van der Waals surface area contributed by atoms with Gasteiger partial charge in [0.2, 0.25) is 0 Å². The highest BCUT2D eigenvalue weighted by Gasteiger charge is 2.32. The fourth-order valence-corrected chi connectivity index (χ4v) is 3.56. The van der Waals surface area contributed by atoms with Crippen molar-refractivity contribution < 1.29 is 14.7 Å². The third-order valence-corrected chi connectivity index (χ3v) is 5.10. The van der Waals surface area contributed by atoms with Gasteiger partial charge in [0.05, 0.1) is 12.5 Å². The average Bonchev–Trinajstić information content (AvgIpc) is 2.47. The van der Waals surface area contributed by atoms with Crippen LogP contribution in [0.15, 0.2) is 0 Å². The van der Waals surface area contributed by atoms with E-state index in [0.29, 0.717) is 6.54 Å². The zero-order valence-electron chi connectivity index (χ0n) is 13.4. The number of aliphatic carboxylic acids is 1. The number of hydrogen-bond donors (Lipinski definition) is 1. The van der Waals surface area contributed by atoms with Gasteiger partial charge in [-0.05, 0) is 19.8 Å². The van der Waals surface area contributed by atoms with Crippen molar-refractivity contribution >= 4 is 23.8 Å². The monoisotopic (exact) mass is 316 g/mol. The van der Waals surface area contributed by atoms with Gasteiger partial charge in [-0.15, -0.1) is 0 Å². The molecule has 1 N–H and O–H groups in total. The molecule has 0 aromatic rings. The molecule has 1 rings (SSSR count). The van der Waals surface area contributed by atoms with Crippen LogP contribution in [0.2, 0.25) is 0 Å².